The van der Waals surface area contributed by atoms with Gasteiger partial charge in [-0.05, 0) is 31.7 Å². The number of rotatable bonds is 5. The van der Waals surface area contributed by atoms with Gasteiger partial charge in [-0.15, -0.1) is 0 Å². The first-order valence-corrected chi connectivity index (χ1v) is 7.52. The highest BCUT2D eigenvalue weighted by Gasteiger charge is 2.22. The lowest BCUT2D eigenvalue weighted by Gasteiger charge is -2.08. The number of benzene rings is 1. The zero-order valence-electron chi connectivity index (χ0n) is 12.3. The molecule has 0 amide bonds. The third-order valence-electron chi connectivity index (χ3n) is 3.92. The van der Waals surface area contributed by atoms with Gasteiger partial charge in [-0.25, -0.2) is 0 Å². The Morgan fingerprint density at radius 1 is 1.24 bits per heavy atom. The van der Waals surface area contributed by atoms with E-state index in [1.807, 2.05) is 24.3 Å². The number of nitrogens with zero attached hydrogens (tertiary/aromatic N) is 2. The van der Waals surface area contributed by atoms with E-state index in [0.29, 0.717) is 30.5 Å². The van der Waals surface area contributed by atoms with Gasteiger partial charge < -0.3 is 15.0 Å². The molecule has 2 unspecified atom stereocenters. The second-order valence-electron chi connectivity index (χ2n) is 5.60. The molecule has 0 spiro atoms. The second-order valence-corrected chi connectivity index (χ2v) is 5.60. The Morgan fingerprint density at radius 3 is 2.71 bits per heavy atom. The summed E-state index contributed by atoms with van der Waals surface area (Å²) in [5.74, 6) is 1.31. The molecule has 1 aromatic carbocycles. The molecule has 0 saturated carbocycles. The summed E-state index contributed by atoms with van der Waals surface area (Å²) in [7, 11) is 0. The van der Waals surface area contributed by atoms with Crippen LogP contribution in [-0.4, -0.2) is 22.3 Å². The monoisotopic (exact) mass is 287 g/mol. The van der Waals surface area contributed by atoms with Crippen LogP contribution in [0, 0.1) is 0 Å². The molecule has 1 aliphatic rings. The second kappa shape index (κ2) is 6.37. The standard InChI is InChI=1S/C16H21N3O2/c1-11-2-7-14(20-11)8-9-15-18-16(19-21-15)13-5-3-12(10-17)4-6-13/h3-6,11,14H,2,7-10,17H2,1H3. The predicted octanol–water partition coefficient (Wildman–Crippen LogP) is 2.70. The van der Waals surface area contributed by atoms with Crippen LogP contribution in [0.5, 0.6) is 0 Å². The van der Waals surface area contributed by atoms with E-state index in [9.17, 15) is 0 Å². The molecular weight excluding hydrogens is 266 g/mol. The van der Waals surface area contributed by atoms with Crippen LogP contribution in [0.3, 0.4) is 0 Å². The molecule has 0 bridgehead atoms. The van der Waals surface area contributed by atoms with Crippen molar-refractivity contribution in [3.05, 3.63) is 35.7 Å². The molecular formula is C16H21N3O2. The summed E-state index contributed by atoms with van der Waals surface area (Å²) in [5.41, 5.74) is 7.63. The highest BCUT2D eigenvalue weighted by molar-refractivity contribution is 5.54. The van der Waals surface area contributed by atoms with E-state index >= 15 is 0 Å². The van der Waals surface area contributed by atoms with Crippen LogP contribution in [0.15, 0.2) is 28.8 Å². The fourth-order valence-corrected chi connectivity index (χ4v) is 2.65. The van der Waals surface area contributed by atoms with E-state index in [1.54, 1.807) is 0 Å². The van der Waals surface area contributed by atoms with E-state index in [1.165, 1.54) is 0 Å². The SMILES string of the molecule is CC1CCC(CCc2nc(-c3ccc(CN)cc3)no2)O1. The molecule has 1 fully saturated rings. The third kappa shape index (κ3) is 3.49. The summed E-state index contributed by atoms with van der Waals surface area (Å²) >= 11 is 0. The van der Waals surface area contributed by atoms with Gasteiger partial charge in [-0.3, -0.25) is 0 Å². The van der Waals surface area contributed by atoms with Gasteiger partial charge in [0.25, 0.3) is 0 Å². The lowest BCUT2D eigenvalue weighted by Crippen LogP contribution is -2.09. The summed E-state index contributed by atoms with van der Waals surface area (Å²) in [6.07, 6.45) is 4.70. The quantitative estimate of drug-likeness (QED) is 0.915. The van der Waals surface area contributed by atoms with Gasteiger partial charge in [0.05, 0.1) is 12.2 Å². The van der Waals surface area contributed by atoms with Gasteiger partial charge in [0.2, 0.25) is 11.7 Å². The van der Waals surface area contributed by atoms with Crippen LogP contribution in [0.2, 0.25) is 0 Å². The zero-order chi connectivity index (χ0) is 14.7. The molecule has 2 aromatic rings. The van der Waals surface area contributed by atoms with Crippen molar-refractivity contribution in [3.63, 3.8) is 0 Å². The number of hydrogen-bond donors (Lipinski definition) is 1. The Hall–Kier alpha value is -1.72. The Kier molecular flexibility index (Phi) is 4.31. The molecule has 21 heavy (non-hydrogen) atoms. The van der Waals surface area contributed by atoms with Crippen molar-refractivity contribution in [1.29, 1.82) is 0 Å². The first-order valence-electron chi connectivity index (χ1n) is 7.52. The van der Waals surface area contributed by atoms with Crippen LogP contribution in [0.1, 0.15) is 37.6 Å². The highest BCUT2D eigenvalue weighted by atomic mass is 16.5. The van der Waals surface area contributed by atoms with Gasteiger partial charge in [-0.1, -0.05) is 29.4 Å². The van der Waals surface area contributed by atoms with E-state index in [-0.39, 0.29) is 0 Å². The van der Waals surface area contributed by atoms with Crippen molar-refractivity contribution < 1.29 is 9.26 Å². The van der Waals surface area contributed by atoms with Crippen molar-refractivity contribution in [3.8, 4) is 11.4 Å². The minimum atomic E-state index is 0.333. The maximum atomic E-state index is 5.80. The summed E-state index contributed by atoms with van der Waals surface area (Å²) in [5, 5.41) is 4.04. The molecule has 2 heterocycles. The highest BCUT2D eigenvalue weighted by Crippen LogP contribution is 2.23. The predicted molar refractivity (Wildman–Crippen MR) is 79.5 cm³/mol. The van der Waals surface area contributed by atoms with Gasteiger partial charge in [0, 0.05) is 18.5 Å². The molecule has 5 heteroatoms. The van der Waals surface area contributed by atoms with Crippen molar-refractivity contribution in [2.45, 2.75) is 51.4 Å². The van der Waals surface area contributed by atoms with Gasteiger partial charge in [-0.2, -0.15) is 4.98 Å². The van der Waals surface area contributed by atoms with Crippen LogP contribution in [-0.2, 0) is 17.7 Å². The maximum Gasteiger partial charge on any atom is 0.227 e. The number of ether oxygens (including phenoxy) is 1. The van der Waals surface area contributed by atoms with E-state index in [4.69, 9.17) is 15.0 Å². The Bertz CT molecular complexity index is 579. The smallest absolute Gasteiger partial charge is 0.227 e. The largest absolute Gasteiger partial charge is 0.375 e. The molecule has 112 valence electrons. The van der Waals surface area contributed by atoms with Crippen molar-refractivity contribution >= 4 is 0 Å². The average Bonchev–Trinajstić information content (AvgIpc) is 3.14. The molecule has 1 aromatic heterocycles. The maximum absolute atomic E-state index is 5.80. The molecule has 0 aliphatic carbocycles. The van der Waals surface area contributed by atoms with Crippen LogP contribution >= 0.6 is 0 Å². The molecule has 1 saturated heterocycles. The van der Waals surface area contributed by atoms with E-state index in [0.717, 1.165) is 36.8 Å². The van der Waals surface area contributed by atoms with Gasteiger partial charge in [0.1, 0.15) is 0 Å². The molecule has 3 rings (SSSR count). The Labute approximate surface area is 124 Å². The Morgan fingerprint density at radius 2 is 2.05 bits per heavy atom. The lowest BCUT2D eigenvalue weighted by molar-refractivity contribution is 0.0500. The topological polar surface area (TPSA) is 74.2 Å². The minimum Gasteiger partial charge on any atom is -0.375 e. The van der Waals surface area contributed by atoms with Gasteiger partial charge in [0.15, 0.2) is 0 Å². The molecule has 1 aliphatic heterocycles. The number of aromatic nitrogens is 2. The van der Waals surface area contributed by atoms with Crippen LogP contribution in [0.4, 0.5) is 0 Å². The van der Waals surface area contributed by atoms with E-state index in [2.05, 4.69) is 17.1 Å². The fourth-order valence-electron chi connectivity index (χ4n) is 2.65. The van der Waals surface area contributed by atoms with Crippen molar-refractivity contribution in [2.24, 2.45) is 5.73 Å². The molecule has 2 N–H and O–H groups in total. The van der Waals surface area contributed by atoms with Crippen molar-refractivity contribution in [1.82, 2.24) is 10.1 Å². The first-order chi connectivity index (χ1) is 10.2. The summed E-state index contributed by atoms with van der Waals surface area (Å²) in [6, 6.07) is 7.91. The summed E-state index contributed by atoms with van der Waals surface area (Å²) in [6.45, 7) is 2.66. The Balaban J connectivity index is 1.60. The van der Waals surface area contributed by atoms with Crippen LogP contribution in [0.25, 0.3) is 11.4 Å². The molecule has 5 nitrogen and oxygen atoms in total. The fraction of sp³-hybridized carbons (Fsp3) is 0.500. The van der Waals surface area contributed by atoms with E-state index < -0.39 is 0 Å². The first kappa shape index (κ1) is 14.2. The number of hydrogen-bond acceptors (Lipinski definition) is 5. The number of nitrogens with two attached hydrogens (primary N) is 1. The van der Waals surface area contributed by atoms with Gasteiger partial charge >= 0.3 is 0 Å². The summed E-state index contributed by atoms with van der Waals surface area (Å²) in [4.78, 5) is 4.45. The normalized spacial score (nSPS) is 21.8. The summed E-state index contributed by atoms with van der Waals surface area (Å²) < 4.78 is 11.1. The van der Waals surface area contributed by atoms with Crippen LogP contribution < -0.4 is 5.73 Å². The molecule has 2 atom stereocenters. The van der Waals surface area contributed by atoms with Crippen molar-refractivity contribution in [2.75, 3.05) is 0 Å². The minimum absolute atomic E-state index is 0.333. The number of aryl methyl sites for hydroxylation is 1. The zero-order valence-corrected chi connectivity index (χ0v) is 12.3. The molecule has 0 radical (unpaired) electrons. The lowest BCUT2D eigenvalue weighted by atomic mass is 10.1. The third-order valence-corrected chi connectivity index (χ3v) is 3.92. The average molecular weight is 287 g/mol.